The van der Waals surface area contributed by atoms with E-state index in [0.29, 0.717) is 5.65 Å². The van der Waals surface area contributed by atoms with Gasteiger partial charge in [-0.05, 0) is 12.8 Å². The zero-order valence-corrected chi connectivity index (χ0v) is 10.4. The van der Waals surface area contributed by atoms with Crippen LogP contribution in [-0.4, -0.2) is 36.7 Å². The Morgan fingerprint density at radius 2 is 2.21 bits per heavy atom. The van der Waals surface area contributed by atoms with Gasteiger partial charge in [-0.1, -0.05) is 18.1 Å². The lowest BCUT2D eigenvalue weighted by Crippen LogP contribution is -2.27. The predicted molar refractivity (Wildman–Crippen MR) is 68.4 cm³/mol. The van der Waals surface area contributed by atoms with E-state index in [9.17, 15) is 9.90 Å². The van der Waals surface area contributed by atoms with Gasteiger partial charge in [0.2, 0.25) is 5.95 Å². The van der Waals surface area contributed by atoms with Crippen LogP contribution in [0.1, 0.15) is 31.7 Å². The molecule has 2 atom stereocenters. The number of nitrogens with two attached hydrogens (primary N) is 1. The molecular formula is C11H16N6O2. The largest absolute Gasteiger partial charge is 0.396 e. The SMILES string of the molecule is Nc1nc2c(nnn2[C@H]2CCCC[C@H]2CO)c(=O)[nH]1. The van der Waals surface area contributed by atoms with Crippen molar-refractivity contribution in [3.05, 3.63) is 10.4 Å². The van der Waals surface area contributed by atoms with Crippen molar-refractivity contribution in [1.82, 2.24) is 25.0 Å². The molecule has 3 rings (SSSR count). The monoisotopic (exact) mass is 264 g/mol. The Balaban J connectivity index is 2.12. The number of anilines is 1. The van der Waals surface area contributed by atoms with Gasteiger partial charge in [0.25, 0.3) is 5.56 Å². The van der Waals surface area contributed by atoms with Crippen LogP contribution >= 0.6 is 0 Å². The molecule has 102 valence electrons. The molecule has 0 bridgehead atoms. The summed E-state index contributed by atoms with van der Waals surface area (Å²) in [5.41, 5.74) is 5.77. The minimum Gasteiger partial charge on any atom is -0.396 e. The van der Waals surface area contributed by atoms with Gasteiger partial charge in [0.15, 0.2) is 11.2 Å². The molecule has 0 radical (unpaired) electrons. The highest BCUT2D eigenvalue weighted by Gasteiger charge is 2.29. The second-order valence-electron chi connectivity index (χ2n) is 4.95. The Morgan fingerprint density at radius 1 is 1.42 bits per heavy atom. The lowest BCUT2D eigenvalue weighted by Gasteiger charge is -2.29. The van der Waals surface area contributed by atoms with E-state index in [0.717, 1.165) is 25.7 Å². The first-order valence-electron chi connectivity index (χ1n) is 6.42. The van der Waals surface area contributed by atoms with Crippen molar-refractivity contribution in [2.24, 2.45) is 5.92 Å². The van der Waals surface area contributed by atoms with Gasteiger partial charge in [0.05, 0.1) is 6.04 Å². The van der Waals surface area contributed by atoms with E-state index >= 15 is 0 Å². The van der Waals surface area contributed by atoms with Crippen LogP contribution in [0.4, 0.5) is 5.95 Å². The molecule has 0 unspecified atom stereocenters. The number of aromatic amines is 1. The van der Waals surface area contributed by atoms with Crippen LogP contribution in [0.2, 0.25) is 0 Å². The van der Waals surface area contributed by atoms with Gasteiger partial charge < -0.3 is 10.8 Å². The molecule has 0 saturated heterocycles. The van der Waals surface area contributed by atoms with Gasteiger partial charge in [0, 0.05) is 12.5 Å². The lowest BCUT2D eigenvalue weighted by atomic mass is 9.85. The maximum Gasteiger partial charge on any atom is 0.282 e. The van der Waals surface area contributed by atoms with E-state index in [1.54, 1.807) is 4.68 Å². The van der Waals surface area contributed by atoms with E-state index in [4.69, 9.17) is 5.73 Å². The summed E-state index contributed by atoms with van der Waals surface area (Å²) in [6.45, 7) is 0.102. The molecule has 2 aromatic heterocycles. The zero-order chi connectivity index (χ0) is 13.4. The van der Waals surface area contributed by atoms with E-state index in [-0.39, 0.29) is 35.6 Å². The highest BCUT2D eigenvalue weighted by atomic mass is 16.3. The van der Waals surface area contributed by atoms with E-state index in [2.05, 4.69) is 20.3 Å². The molecule has 1 aliphatic carbocycles. The Labute approximate surface area is 108 Å². The van der Waals surface area contributed by atoms with Gasteiger partial charge in [-0.3, -0.25) is 9.78 Å². The highest BCUT2D eigenvalue weighted by Crippen LogP contribution is 2.34. The summed E-state index contributed by atoms with van der Waals surface area (Å²) in [6, 6.07) is 0.0254. The summed E-state index contributed by atoms with van der Waals surface area (Å²) >= 11 is 0. The number of hydrogen-bond donors (Lipinski definition) is 3. The van der Waals surface area contributed by atoms with Crippen LogP contribution in [0.5, 0.6) is 0 Å². The standard InChI is InChI=1S/C11H16N6O2/c12-11-13-9-8(10(19)14-11)15-16-17(9)7-4-2-1-3-6(7)5-18/h6-7,18H,1-5H2,(H3,12,13,14,19)/t6-,7-/m0/s1. The van der Waals surface area contributed by atoms with Gasteiger partial charge in [-0.2, -0.15) is 4.98 Å². The molecular weight excluding hydrogens is 248 g/mol. The van der Waals surface area contributed by atoms with Gasteiger partial charge >= 0.3 is 0 Å². The first-order valence-corrected chi connectivity index (χ1v) is 6.42. The fraction of sp³-hybridized carbons (Fsp3) is 0.636. The van der Waals surface area contributed by atoms with Crippen molar-refractivity contribution in [2.75, 3.05) is 12.3 Å². The summed E-state index contributed by atoms with van der Waals surface area (Å²) in [5.74, 6) is 0.179. The molecule has 8 heteroatoms. The van der Waals surface area contributed by atoms with Crippen LogP contribution in [0.15, 0.2) is 4.79 Å². The summed E-state index contributed by atoms with van der Waals surface area (Å²) in [7, 11) is 0. The van der Waals surface area contributed by atoms with Crippen LogP contribution in [0, 0.1) is 5.92 Å². The third-order valence-corrected chi connectivity index (χ3v) is 3.77. The predicted octanol–water partition coefficient (Wildman–Crippen LogP) is -0.180. The first-order chi connectivity index (χ1) is 9.20. The van der Waals surface area contributed by atoms with Crippen molar-refractivity contribution in [1.29, 1.82) is 0 Å². The maximum absolute atomic E-state index is 11.7. The average molecular weight is 264 g/mol. The molecule has 19 heavy (non-hydrogen) atoms. The second-order valence-corrected chi connectivity index (χ2v) is 4.95. The fourth-order valence-electron chi connectivity index (χ4n) is 2.80. The minimum atomic E-state index is -0.384. The Bertz CT molecular complexity index is 648. The summed E-state index contributed by atoms with van der Waals surface area (Å²) in [6.07, 6.45) is 4.02. The third kappa shape index (κ3) is 1.97. The van der Waals surface area contributed by atoms with Crippen molar-refractivity contribution in [2.45, 2.75) is 31.7 Å². The Hall–Kier alpha value is -1.96. The van der Waals surface area contributed by atoms with Crippen molar-refractivity contribution < 1.29 is 5.11 Å². The number of nitrogens with zero attached hydrogens (tertiary/aromatic N) is 4. The second kappa shape index (κ2) is 4.61. The summed E-state index contributed by atoms with van der Waals surface area (Å²) in [5, 5.41) is 17.4. The van der Waals surface area contributed by atoms with E-state index in [1.807, 2.05) is 0 Å². The number of aliphatic hydroxyl groups excluding tert-OH is 1. The molecule has 0 aromatic carbocycles. The molecule has 0 spiro atoms. The molecule has 0 amide bonds. The van der Waals surface area contributed by atoms with Gasteiger partial charge in [-0.15, -0.1) is 5.10 Å². The molecule has 2 heterocycles. The van der Waals surface area contributed by atoms with E-state index in [1.165, 1.54) is 0 Å². The molecule has 1 fully saturated rings. The van der Waals surface area contributed by atoms with Gasteiger partial charge in [0.1, 0.15) is 0 Å². The lowest BCUT2D eigenvalue weighted by molar-refractivity contribution is 0.132. The highest BCUT2D eigenvalue weighted by molar-refractivity contribution is 5.69. The molecule has 8 nitrogen and oxygen atoms in total. The molecule has 2 aromatic rings. The smallest absolute Gasteiger partial charge is 0.282 e. The van der Waals surface area contributed by atoms with Crippen molar-refractivity contribution in [3.8, 4) is 0 Å². The zero-order valence-electron chi connectivity index (χ0n) is 10.4. The van der Waals surface area contributed by atoms with E-state index < -0.39 is 0 Å². The summed E-state index contributed by atoms with van der Waals surface area (Å²) < 4.78 is 1.64. The van der Waals surface area contributed by atoms with Crippen molar-refractivity contribution in [3.63, 3.8) is 0 Å². The maximum atomic E-state index is 11.7. The number of hydrogen-bond acceptors (Lipinski definition) is 6. The van der Waals surface area contributed by atoms with Crippen LogP contribution < -0.4 is 11.3 Å². The Kier molecular flexibility index (Phi) is 2.94. The molecule has 0 aliphatic heterocycles. The van der Waals surface area contributed by atoms with Crippen LogP contribution in [0.3, 0.4) is 0 Å². The number of H-pyrrole nitrogens is 1. The number of nitrogens with one attached hydrogen (secondary N) is 1. The summed E-state index contributed by atoms with van der Waals surface area (Å²) in [4.78, 5) is 18.2. The number of aromatic nitrogens is 5. The normalized spacial score (nSPS) is 23.8. The number of aliphatic hydroxyl groups is 1. The first kappa shape index (κ1) is 12.1. The number of nitrogen functional groups attached to an aromatic ring is 1. The minimum absolute atomic E-state index is 0.0254. The quantitative estimate of drug-likeness (QED) is 0.691. The van der Waals surface area contributed by atoms with Crippen LogP contribution in [0.25, 0.3) is 11.2 Å². The Morgan fingerprint density at radius 3 is 3.00 bits per heavy atom. The average Bonchev–Trinajstić information content (AvgIpc) is 2.82. The third-order valence-electron chi connectivity index (χ3n) is 3.77. The van der Waals surface area contributed by atoms with Gasteiger partial charge in [-0.25, -0.2) is 4.68 Å². The fourth-order valence-corrected chi connectivity index (χ4v) is 2.80. The number of rotatable bonds is 2. The number of fused-ring (bicyclic) bond motifs is 1. The molecule has 1 saturated carbocycles. The molecule has 1 aliphatic rings. The topological polar surface area (TPSA) is 123 Å². The van der Waals surface area contributed by atoms with Crippen LogP contribution in [-0.2, 0) is 0 Å². The molecule has 4 N–H and O–H groups in total. The van der Waals surface area contributed by atoms with Crippen molar-refractivity contribution >= 4 is 17.1 Å².